The van der Waals surface area contributed by atoms with Crippen molar-refractivity contribution in [2.75, 3.05) is 6.61 Å². The highest BCUT2D eigenvalue weighted by Gasteiger charge is 2.06. The van der Waals surface area contributed by atoms with Gasteiger partial charge < -0.3 is 9.47 Å². The fourth-order valence-electron chi connectivity index (χ4n) is 0.996. The van der Waals surface area contributed by atoms with Gasteiger partial charge in [0.1, 0.15) is 5.75 Å². The predicted octanol–water partition coefficient (Wildman–Crippen LogP) is 2.62. The maximum atomic E-state index is 11.2. The Labute approximate surface area is 103 Å². The number of esters is 1. The normalized spacial score (nSPS) is 10.1. The lowest BCUT2D eigenvalue weighted by Crippen LogP contribution is -2.18. The summed E-state index contributed by atoms with van der Waals surface area (Å²) in [6.45, 7) is 3.57. The third kappa shape index (κ3) is 5.01. The molecule has 0 fully saturated rings. The molecule has 0 aromatic heterocycles. The highest BCUT2D eigenvalue weighted by molar-refractivity contribution is 14.1. The highest BCUT2D eigenvalue weighted by Crippen LogP contribution is 2.14. The minimum Gasteiger partial charge on any atom is -0.482 e. The molecule has 1 aromatic rings. The van der Waals surface area contributed by atoms with Gasteiger partial charge in [-0.25, -0.2) is 4.79 Å². The van der Waals surface area contributed by atoms with Crippen molar-refractivity contribution in [2.45, 2.75) is 20.0 Å². The SMILES string of the molecule is CC(C)OC(=O)COc1cccc(I)c1. The Kier molecular flexibility index (Phi) is 4.87. The van der Waals surface area contributed by atoms with E-state index in [-0.39, 0.29) is 18.7 Å². The smallest absolute Gasteiger partial charge is 0.344 e. The monoisotopic (exact) mass is 320 g/mol. The fraction of sp³-hybridized carbons (Fsp3) is 0.364. The van der Waals surface area contributed by atoms with E-state index in [0.717, 1.165) is 3.57 Å². The summed E-state index contributed by atoms with van der Waals surface area (Å²) in [6.07, 6.45) is -0.1000. The molecule has 0 atom stereocenters. The first kappa shape index (κ1) is 12.3. The zero-order valence-electron chi connectivity index (χ0n) is 8.70. The van der Waals surface area contributed by atoms with Crippen molar-refractivity contribution in [3.05, 3.63) is 27.8 Å². The van der Waals surface area contributed by atoms with E-state index in [9.17, 15) is 4.79 Å². The second kappa shape index (κ2) is 5.95. The Morgan fingerprint density at radius 3 is 2.80 bits per heavy atom. The van der Waals surface area contributed by atoms with Crippen molar-refractivity contribution in [2.24, 2.45) is 0 Å². The molecule has 0 saturated heterocycles. The molecular weight excluding hydrogens is 307 g/mol. The highest BCUT2D eigenvalue weighted by atomic mass is 127. The lowest BCUT2D eigenvalue weighted by molar-refractivity contribution is -0.149. The number of hydrogen-bond acceptors (Lipinski definition) is 3. The van der Waals surface area contributed by atoms with Crippen LogP contribution < -0.4 is 4.74 Å². The van der Waals surface area contributed by atoms with Gasteiger partial charge in [0.15, 0.2) is 6.61 Å². The van der Waals surface area contributed by atoms with E-state index in [1.807, 2.05) is 38.1 Å². The van der Waals surface area contributed by atoms with Crippen molar-refractivity contribution >= 4 is 28.6 Å². The van der Waals surface area contributed by atoms with Crippen LogP contribution in [0.1, 0.15) is 13.8 Å². The lowest BCUT2D eigenvalue weighted by atomic mass is 10.3. The van der Waals surface area contributed by atoms with Crippen LogP contribution in [0, 0.1) is 3.57 Å². The quantitative estimate of drug-likeness (QED) is 0.632. The van der Waals surface area contributed by atoms with Crippen molar-refractivity contribution in [3.63, 3.8) is 0 Å². The molecule has 15 heavy (non-hydrogen) atoms. The number of benzene rings is 1. The molecule has 0 unspecified atom stereocenters. The van der Waals surface area contributed by atoms with Crippen LogP contribution in [0.25, 0.3) is 0 Å². The molecule has 0 saturated carbocycles. The third-order valence-electron chi connectivity index (χ3n) is 1.52. The minimum atomic E-state index is -0.344. The number of carbonyl (C=O) groups excluding carboxylic acids is 1. The largest absolute Gasteiger partial charge is 0.482 e. The first-order chi connectivity index (χ1) is 7.08. The molecule has 0 aliphatic rings. The second-order valence-electron chi connectivity index (χ2n) is 3.28. The van der Waals surface area contributed by atoms with Crippen molar-refractivity contribution in [1.29, 1.82) is 0 Å². The van der Waals surface area contributed by atoms with Gasteiger partial charge in [0.25, 0.3) is 0 Å². The average molecular weight is 320 g/mol. The van der Waals surface area contributed by atoms with Crippen LogP contribution >= 0.6 is 22.6 Å². The van der Waals surface area contributed by atoms with Gasteiger partial charge in [-0.1, -0.05) is 6.07 Å². The van der Waals surface area contributed by atoms with Crippen LogP contribution in [0.3, 0.4) is 0 Å². The van der Waals surface area contributed by atoms with Crippen LogP contribution in [-0.4, -0.2) is 18.7 Å². The van der Waals surface area contributed by atoms with E-state index in [4.69, 9.17) is 9.47 Å². The Morgan fingerprint density at radius 2 is 2.20 bits per heavy atom. The molecule has 4 heteroatoms. The van der Waals surface area contributed by atoms with Gasteiger partial charge in [-0.2, -0.15) is 0 Å². The van der Waals surface area contributed by atoms with Crippen LogP contribution in [0.15, 0.2) is 24.3 Å². The average Bonchev–Trinajstić information content (AvgIpc) is 2.14. The van der Waals surface area contributed by atoms with E-state index in [1.54, 1.807) is 0 Å². The van der Waals surface area contributed by atoms with E-state index < -0.39 is 0 Å². The molecule has 0 bridgehead atoms. The number of carbonyl (C=O) groups is 1. The molecule has 1 rings (SSSR count). The van der Waals surface area contributed by atoms with Gasteiger partial charge in [-0.3, -0.25) is 0 Å². The Balaban J connectivity index is 2.40. The lowest BCUT2D eigenvalue weighted by Gasteiger charge is -2.09. The van der Waals surface area contributed by atoms with Crippen LogP contribution in [0.4, 0.5) is 0 Å². The fourth-order valence-corrected chi connectivity index (χ4v) is 1.51. The number of rotatable bonds is 4. The van der Waals surface area contributed by atoms with Crippen molar-refractivity contribution < 1.29 is 14.3 Å². The number of hydrogen-bond donors (Lipinski definition) is 0. The maximum Gasteiger partial charge on any atom is 0.344 e. The molecule has 1 aromatic carbocycles. The Morgan fingerprint density at radius 1 is 1.47 bits per heavy atom. The zero-order chi connectivity index (χ0) is 11.3. The Hall–Kier alpha value is -0.780. The number of halogens is 1. The summed E-state index contributed by atoms with van der Waals surface area (Å²) in [5, 5.41) is 0. The van der Waals surface area contributed by atoms with Crippen LogP contribution in [0.2, 0.25) is 0 Å². The van der Waals surface area contributed by atoms with Gasteiger partial charge in [0.05, 0.1) is 6.10 Å². The molecule has 0 heterocycles. The van der Waals surface area contributed by atoms with E-state index in [1.165, 1.54) is 0 Å². The summed E-state index contributed by atoms with van der Waals surface area (Å²) in [6, 6.07) is 7.51. The standard InChI is InChI=1S/C11H13IO3/c1-8(2)15-11(13)7-14-10-5-3-4-9(12)6-10/h3-6,8H,7H2,1-2H3. The number of ether oxygens (including phenoxy) is 2. The van der Waals surface area contributed by atoms with Crippen molar-refractivity contribution in [1.82, 2.24) is 0 Å². The summed E-state index contributed by atoms with van der Waals surface area (Å²) < 4.78 is 11.3. The third-order valence-corrected chi connectivity index (χ3v) is 2.19. The van der Waals surface area contributed by atoms with E-state index >= 15 is 0 Å². The first-order valence-electron chi connectivity index (χ1n) is 4.66. The summed E-state index contributed by atoms with van der Waals surface area (Å²) >= 11 is 2.19. The second-order valence-corrected chi connectivity index (χ2v) is 4.53. The maximum absolute atomic E-state index is 11.2. The van der Waals surface area contributed by atoms with E-state index in [0.29, 0.717) is 5.75 Å². The topological polar surface area (TPSA) is 35.5 Å². The summed E-state index contributed by atoms with van der Waals surface area (Å²) in [5.74, 6) is 0.339. The van der Waals surface area contributed by atoms with Gasteiger partial charge >= 0.3 is 5.97 Å². The molecule has 82 valence electrons. The molecule has 0 spiro atoms. The predicted molar refractivity (Wildman–Crippen MR) is 65.9 cm³/mol. The van der Waals surface area contributed by atoms with Crippen LogP contribution in [0.5, 0.6) is 5.75 Å². The first-order valence-corrected chi connectivity index (χ1v) is 5.73. The molecule has 0 amide bonds. The van der Waals surface area contributed by atoms with Crippen molar-refractivity contribution in [3.8, 4) is 5.75 Å². The molecule has 0 aliphatic carbocycles. The molecule has 3 nitrogen and oxygen atoms in total. The van der Waals surface area contributed by atoms with Gasteiger partial charge in [-0.15, -0.1) is 0 Å². The van der Waals surface area contributed by atoms with Gasteiger partial charge in [0.2, 0.25) is 0 Å². The zero-order valence-corrected chi connectivity index (χ0v) is 10.9. The molecular formula is C11H13IO3. The van der Waals surface area contributed by atoms with Gasteiger partial charge in [-0.05, 0) is 54.6 Å². The summed E-state index contributed by atoms with van der Waals surface area (Å²) in [4.78, 5) is 11.2. The molecule has 0 radical (unpaired) electrons. The summed E-state index contributed by atoms with van der Waals surface area (Å²) in [5.41, 5.74) is 0. The molecule has 0 N–H and O–H groups in total. The minimum absolute atomic E-state index is 0.0434. The van der Waals surface area contributed by atoms with Gasteiger partial charge in [0, 0.05) is 3.57 Å². The van der Waals surface area contributed by atoms with E-state index in [2.05, 4.69) is 22.6 Å². The summed E-state index contributed by atoms with van der Waals surface area (Å²) in [7, 11) is 0. The van der Waals surface area contributed by atoms with Crippen LogP contribution in [-0.2, 0) is 9.53 Å². The molecule has 0 aliphatic heterocycles. The Bertz CT molecular complexity index is 336.